The number of nitrogens with two attached hydrogens (primary N) is 1. The van der Waals surface area contributed by atoms with Gasteiger partial charge in [0.15, 0.2) is 5.82 Å². The molecule has 0 bridgehead atoms. The van der Waals surface area contributed by atoms with Gasteiger partial charge in [0.25, 0.3) is 0 Å². The maximum absolute atomic E-state index is 5.64. The first-order valence-corrected chi connectivity index (χ1v) is 7.88. The SMILES string of the molecule is NCc1ccc(-c2nc3cc(Br)ccc3n2C2CC2)nc1. The van der Waals surface area contributed by atoms with Gasteiger partial charge in [-0.1, -0.05) is 22.0 Å². The number of imidazole rings is 1. The van der Waals surface area contributed by atoms with E-state index < -0.39 is 0 Å². The molecular weight excluding hydrogens is 328 g/mol. The lowest BCUT2D eigenvalue weighted by molar-refractivity contribution is 0.772. The highest BCUT2D eigenvalue weighted by Crippen LogP contribution is 2.41. The fourth-order valence-corrected chi connectivity index (χ4v) is 2.98. The maximum Gasteiger partial charge on any atom is 0.160 e. The molecule has 0 radical (unpaired) electrons. The summed E-state index contributed by atoms with van der Waals surface area (Å²) in [4.78, 5) is 9.33. The summed E-state index contributed by atoms with van der Waals surface area (Å²) in [6.45, 7) is 0.513. The Balaban J connectivity index is 1.91. The summed E-state index contributed by atoms with van der Waals surface area (Å²) >= 11 is 3.52. The molecule has 5 heteroatoms. The van der Waals surface area contributed by atoms with E-state index in [0.29, 0.717) is 12.6 Å². The van der Waals surface area contributed by atoms with E-state index in [2.05, 4.69) is 43.7 Å². The third-order valence-electron chi connectivity index (χ3n) is 3.85. The number of nitrogens with zero attached hydrogens (tertiary/aromatic N) is 3. The molecule has 0 amide bonds. The first kappa shape index (κ1) is 13.0. The van der Waals surface area contributed by atoms with Gasteiger partial charge in [0.05, 0.1) is 11.0 Å². The van der Waals surface area contributed by atoms with Crippen LogP contribution < -0.4 is 5.73 Å². The average molecular weight is 343 g/mol. The Morgan fingerprint density at radius 1 is 1.24 bits per heavy atom. The maximum atomic E-state index is 5.64. The van der Waals surface area contributed by atoms with E-state index in [4.69, 9.17) is 10.7 Å². The van der Waals surface area contributed by atoms with Crippen molar-refractivity contribution >= 4 is 27.0 Å². The van der Waals surface area contributed by atoms with Crippen LogP contribution in [0, 0.1) is 0 Å². The highest BCUT2D eigenvalue weighted by atomic mass is 79.9. The Hall–Kier alpha value is -1.72. The predicted molar refractivity (Wildman–Crippen MR) is 86.8 cm³/mol. The van der Waals surface area contributed by atoms with Crippen molar-refractivity contribution in [1.29, 1.82) is 0 Å². The molecule has 1 fully saturated rings. The first-order chi connectivity index (χ1) is 10.3. The van der Waals surface area contributed by atoms with E-state index in [0.717, 1.165) is 27.1 Å². The van der Waals surface area contributed by atoms with Crippen molar-refractivity contribution in [2.75, 3.05) is 0 Å². The van der Waals surface area contributed by atoms with Crippen LogP contribution in [0.2, 0.25) is 0 Å². The zero-order valence-electron chi connectivity index (χ0n) is 11.5. The molecule has 2 heterocycles. The van der Waals surface area contributed by atoms with Gasteiger partial charge < -0.3 is 10.3 Å². The van der Waals surface area contributed by atoms with Crippen molar-refractivity contribution in [2.24, 2.45) is 5.73 Å². The molecule has 0 atom stereocenters. The molecule has 0 aliphatic heterocycles. The number of pyridine rings is 1. The van der Waals surface area contributed by atoms with E-state index >= 15 is 0 Å². The van der Waals surface area contributed by atoms with E-state index in [9.17, 15) is 0 Å². The molecular formula is C16H15BrN4. The van der Waals surface area contributed by atoms with Crippen molar-refractivity contribution in [3.05, 3.63) is 46.6 Å². The van der Waals surface area contributed by atoms with Crippen LogP contribution in [0.5, 0.6) is 0 Å². The van der Waals surface area contributed by atoms with Gasteiger partial charge in [0.1, 0.15) is 5.69 Å². The minimum absolute atomic E-state index is 0.513. The van der Waals surface area contributed by atoms with Gasteiger partial charge in [-0.2, -0.15) is 0 Å². The monoisotopic (exact) mass is 342 g/mol. The minimum atomic E-state index is 0.513. The van der Waals surface area contributed by atoms with Gasteiger partial charge in [0.2, 0.25) is 0 Å². The van der Waals surface area contributed by atoms with Gasteiger partial charge >= 0.3 is 0 Å². The molecule has 2 aromatic heterocycles. The first-order valence-electron chi connectivity index (χ1n) is 7.09. The molecule has 21 heavy (non-hydrogen) atoms. The van der Waals surface area contributed by atoms with Crippen molar-refractivity contribution < 1.29 is 0 Å². The number of halogens is 1. The highest BCUT2D eigenvalue weighted by Gasteiger charge is 2.29. The van der Waals surface area contributed by atoms with Gasteiger partial charge in [-0.3, -0.25) is 4.98 Å². The molecule has 0 spiro atoms. The molecule has 3 aromatic rings. The van der Waals surface area contributed by atoms with Crippen LogP contribution >= 0.6 is 15.9 Å². The van der Waals surface area contributed by atoms with E-state index in [1.54, 1.807) is 0 Å². The van der Waals surface area contributed by atoms with Crippen LogP contribution in [0.1, 0.15) is 24.4 Å². The summed E-state index contributed by atoms with van der Waals surface area (Å²) in [5.74, 6) is 0.953. The Morgan fingerprint density at radius 2 is 2.10 bits per heavy atom. The molecule has 1 aliphatic carbocycles. The summed E-state index contributed by atoms with van der Waals surface area (Å²) in [6.07, 6.45) is 4.27. The average Bonchev–Trinajstić information content (AvgIpc) is 3.28. The standard InChI is InChI=1S/C16H15BrN4/c17-11-2-6-15-14(7-11)20-16(21(15)12-3-4-12)13-5-1-10(8-18)9-19-13/h1-2,5-7,9,12H,3-4,8,18H2. The van der Waals surface area contributed by atoms with Crippen LogP contribution in [-0.2, 0) is 6.54 Å². The number of hydrogen-bond acceptors (Lipinski definition) is 3. The fraction of sp³-hybridized carbons (Fsp3) is 0.250. The summed E-state index contributed by atoms with van der Waals surface area (Å²) < 4.78 is 3.38. The lowest BCUT2D eigenvalue weighted by Gasteiger charge is -2.07. The summed E-state index contributed by atoms with van der Waals surface area (Å²) in [6, 6.07) is 10.8. The van der Waals surface area contributed by atoms with Gasteiger partial charge in [-0.25, -0.2) is 4.98 Å². The Kier molecular flexibility index (Phi) is 3.05. The largest absolute Gasteiger partial charge is 0.326 e. The summed E-state index contributed by atoms with van der Waals surface area (Å²) in [5.41, 5.74) is 9.78. The molecule has 106 valence electrons. The fourth-order valence-electron chi connectivity index (χ4n) is 2.63. The van der Waals surface area contributed by atoms with Crippen LogP contribution in [-0.4, -0.2) is 14.5 Å². The summed E-state index contributed by atoms with van der Waals surface area (Å²) in [5, 5.41) is 0. The zero-order chi connectivity index (χ0) is 14.4. The molecule has 0 saturated heterocycles. The van der Waals surface area contributed by atoms with Crippen molar-refractivity contribution in [3.8, 4) is 11.5 Å². The second-order valence-electron chi connectivity index (χ2n) is 5.43. The topological polar surface area (TPSA) is 56.7 Å². The van der Waals surface area contributed by atoms with Crippen LogP contribution in [0.3, 0.4) is 0 Å². The van der Waals surface area contributed by atoms with E-state index in [1.807, 2.05) is 18.3 Å². The van der Waals surface area contributed by atoms with Gasteiger partial charge in [-0.05, 0) is 42.7 Å². The molecule has 4 rings (SSSR count). The number of rotatable bonds is 3. The quantitative estimate of drug-likeness (QED) is 0.790. The van der Waals surface area contributed by atoms with Gasteiger partial charge in [-0.15, -0.1) is 0 Å². The van der Waals surface area contributed by atoms with Crippen molar-refractivity contribution in [1.82, 2.24) is 14.5 Å². The molecule has 2 N–H and O–H groups in total. The molecule has 0 unspecified atom stereocenters. The molecule has 4 nitrogen and oxygen atoms in total. The Bertz CT molecular complexity index is 803. The lowest BCUT2D eigenvalue weighted by Crippen LogP contribution is -2.01. The third kappa shape index (κ3) is 2.26. The van der Waals surface area contributed by atoms with Gasteiger partial charge in [0, 0.05) is 23.3 Å². The van der Waals surface area contributed by atoms with Crippen LogP contribution in [0.25, 0.3) is 22.6 Å². The summed E-state index contributed by atoms with van der Waals surface area (Å²) in [7, 11) is 0. The lowest BCUT2D eigenvalue weighted by atomic mass is 10.2. The smallest absolute Gasteiger partial charge is 0.160 e. The number of fused-ring (bicyclic) bond motifs is 1. The number of benzene rings is 1. The highest BCUT2D eigenvalue weighted by molar-refractivity contribution is 9.10. The van der Waals surface area contributed by atoms with Crippen LogP contribution in [0.15, 0.2) is 41.0 Å². The predicted octanol–water partition coefficient (Wildman–Crippen LogP) is 3.65. The molecule has 1 aromatic carbocycles. The van der Waals surface area contributed by atoms with E-state index in [1.165, 1.54) is 18.4 Å². The van der Waals surface area contributed by atoms with Crippen molar-refractivity contribution in [3.63, 3.8) is 0 Å². The number of hydrogen-bond donors (Lipinski definition) is 1. The molecule has 1 aliphatic rings. The zero-order valence-corrected chi connectivity index (χ0v) is 13.0. The normalized spacial score (nSPS) is 14.8. The third-order valence-corrected chi connectivity index (χ3v) is 4.35. The Labute approximate surface area is 131 Å². The number of aromatic nitrogens is 3. The second kappa shape index (κ2) is 4.93. The minimum Gasteiger partial charge on any atom is -0.326 e. The van der Waals surface area contributed by atoms with Crippen LogP contribution in [0.4, 0.5) is 0 Å². The Morgan fingerprint density at radius 3 is 2.76 bits per heavy atom. The molecule has 1 saturated carbocycles. The second-order valence-corrected chi connectivity index (χ2v) is 6.34. The van der Waals surface area contributed by atoms with E-state index in [-0.39, 0.29) is 0 Å². The van der Waals surface area contributed by atoms with Crippen molar-refractivity contribution in [2.45, 2.75) is 25.4 Å².